The molecule has 1 aliphatic heterocycles. The maximum absolute atomic E-state index is 6.07. The molecule has 1 aliphatic rings. The molecule has 5 aromatic rings. The highest BCUT2D eigenvalue weighted by Crippen LogP contribution is 2.29. The Morgan fingerprint density at radius 1 is 1.00 bits per heavy atom. The normalized spacial score (nSPS) is 15.5. The Kier molecular flexibility index (Phi) is 7.47. The first-order chi connectivity index (χ1) is 19.2. The lowest BCUT2D eigenvalue weighted by Gasteiger charge is -2.35. The molecule has 0 unspecified atom stereocenters. The molecule has 198 valence electrons. The van der Waals surface area contributed by atoms with Gasteiger partial charge >= 0.3 is 0 Å². The maximum Gasteiger partial charge on any atom is 0.172 e. The van der Waals surface area contributed by atoms with Crippen molar-refractivity contribution in [2.24, 2.45) is 0 Å². The molecule has 8 heteroatoms. The highest BCUT2D eigenvalue weighted by molar-refractivity contribution is 5.86. The first-order valence-electron chi connectivity index (χ1n) is 13.4. The van der Waals surface area contributed by atoms with Gasteiger partial charge in [-0.2, -0.15) is 5.10 Å². The van der Waals surface area contributed by atoms with Gasteiger partial charge < -0.3 is 20.3 Å². The van der Waals surface area contributed by atoms with Crippen LogP contribution in [0.3, 0.4) is 0 Å². The fraction of sp³-hybridized carbons (Fsp3) is 0.258. The summed E-state index contributed by atoms with van der Waals surface area (Å²) in [5.41, 5.74) is 6.23. The monoisotopic (exact) mass is 519 g/mol. The molecule has 2 aromatic heterocycles. The molecule has 0 bridgehead atoms. The molecule has 0 saturated carbocycles. The lowest BCUT2D eigenvalue weighted by Crippen LogP contribution is -2.53. The lowest BCUT2D eigenvalue weighted by atomic mass is 10.1. The highest BCUT2D eigenvalue weighted by atomic mass is 16.5. The van der Waals surface area contributed by atoms with Crippen molar-refractivity contribution >= 4 is 22.5 Å². The number of hydrogen-bond donors (Lipinski definition) is 3. The van der Waals surface area contributed by atoms with E-state index in [-0.39, 0.29) is 6.04 Å². The maximum atomic E-state index is 6.07. The van der Waals surface area contributed by atoms with Gasteiger partial charge in [-0.15, -0.1) is 0 Å². The number of aryl methyl sites for hydroxylation is 1. The second-order valence-corrected chi connectivity index (χ2v) is 9.94. The van der Waals surface area contributed by atoms with Gasteiger partial charge in [0, 0.05) is 48.9 Å². The summed E-state index contributed by atoms with van der Waals surface area (Å²) in [5, 5.41) is 15.7. The van der Waals surface area contributed by atoms with E-state index in [4.69, 9.17) is 14.7 Å². The second-order valence-electron chi connectivity index (χ2n) is 9.94. The van der Waals surface area contributed by atoms with Gasteiger partial charge in [0.1, 0.15) is 0 Å². The van der Waals surface area contributed by atoms with Crippen LogP contribution in [0.25, 0.3) is 22.2 Å². The Morgan fingerprint density at radius 2 is 1.79 bits per heavy atom. The topological polar surface area (TPSA) is 91.0 Å². The van der Waals surface area contributed by atoms with Crippen molar-refractivity contribution in [3.05, 3.63) is 102 Å². The van der Waals surface area contributed by atoms with Crippen LogP contribution in [0.2, 0.25) is 0 Å². The minimum Gasteiger partial charge on any atom is -0.375 e. The molecular weight excluding hydrogens is 486 g/mol. The molecule has 1 atom stereocenters. The minimum absolute atomic E-state index is 0.194. The van der Waals surface area contributed by atoms with E-state index >= 15 is 0 Å². The van der Waals surface area contributed by atoms with Crippen molar-refractivity contribution in [2.45, 2.75) is 26.1 Å². The summed E-state index contributed by atoms with van der Waals surface area (Å²) in [6.07, 6.45) is 1.86. The van der Waals surface area contributed by atoms with E-state index in [1.54, 1.807) is 0 Å². The third-order valence-corrected chi connectivity index (χ3v) is 7.08. The summed E-state index contributed by atoms with van der Waals surface area (Å²) in [6.45, 7) is 6.42. The van der Waals surface area contributed by atoms with Crippen molar-refractivity contribution in [1.29, 1.82) is 0 Å². The minimum atomic E-state index is 0.194. The Bertz CT molecular complexity index is 1520. The summed E-state index contributed by atoms with van der Waals surface area (Å²) in [6, 6.07) is 27.1. The summed E-state index contributed by atoms with van der Waals surface area (Å²) in [7, 11) is 0. The van der Waals surface area contributed by atoms with Crippen molar-refractivity contribution in [1.82, 2.24) is 25.5 Å². The zero-order valence-electron chi connectivity index (χ0n) is 22.1. The number of H-pyrrole nitrogens is 1. The number of ether oxygens (including phenoxy) is 1. The zero-order chi connectivity index (χ0) is 26.4. The third kappa shape index (κ3) is 5.92. The van der Waals surface area contributed by atoms with Gasteiger partial charge in [0.05, 0.1) is 30.6 Å². The molecule has 1 saturated heterocycles. The van der Waals surface area contributed by atoms with Gasteiger partial charge in [-0.3, -0.25) is 5.10 Å². The molecule has 0 aliphatic carbocycles. The Balaban J connectivity index is 1.24. The molecule has 0 radical (unpaired) electrons. The van der Waals surface area contributed by atoms with Crippen LogP contribution in [0.15, 0.2) is 85.1 Å². The number of hydrogen-bond acceptors (Lipinski definition) is 7. The summed E-state index contributed by atoms with van der Waals surface area (Å²) in [5.74, 6) is 1.65. The van der Waals surface area contributed by atoms with Crippen LogP contribution >= 0.6 is 0 Å². The average Bonchev–Trinajstić information content (AvgIpc) is 3.37. The van der Waals surface area contributed by atoms with E-state index < -0.39 is 0 Å². The van der Waals surface area contributed by atoms with Crippen molar-refractivity contribution in [3.8, 4) is 11.3 Å². The number of nitrogens with zero attached hydrogens (tertiary/aromatic N) is 4. The van der Waals surface area contributed by atoms with E-state index in [0.29, 0.717) is 19.8 Å². The highest BCUT2D eigenvalue weighted by Gasteiger charge is 2.24. The number of rotatable bonds is 9. The molecule has 1 fully saturated rings. The van der Waals surface area contributed by atoms with E-state index in [9.17, 15) is 0 Å². The molecular formula is C31H33N7O. The predicted molar refractivity (Wildman–Crippen MR) is 156 cm³/mol. The first-order valence-corrected chi connectivity index (χ1v) is 13.4. The van der Waals surface area contributed by atoms with Crippen LogP contribution in [-0.2, 0) is 17.9 Å². The molecule has 3 aromatic carbocycles. The van der Waals surface area contributed by atoms with E-state index in [0.717, 1.165) is 59.1 Å². The number of piperazine rings is 1. The van der Waals surface area contributed by atoms with Gasteiger partial charge in [0.25, 0.3) is 0 Å². The molecule has 6 rings (SSSR count). The zero-order valence-corrected chi connectivity index (χ0v) is 22.1. The van der Waals surface area contributed by atoms with Gasteiger partial charge in [-0.05, 0) is 30.2 Å². The average molecular weight is 520 g/mol. The van der Waals surface area contributed by atoms with E-state index in [2.05, 4.69) is 74.3 Å². The Hall–Kier alpha value is -4.27. The Labute approximate surface area is 228 Å². The molecule has 3 heterocycles. The van der Waals surface area contributed by atoms with Crippen LogP contribution in [0.5, 0.6) is 0 Å². The van der Waals surface area contributed by atoms with Crippen LogP contribution in [0, 0.1) is 6.92 Å². The number of benzene rings is 3. The lowest BCUT2D eigenvalue weighted by molar-refractivity contribution is 0.0971. The van der Waals surface area contributed by atoms with Crippen LogP contribution < -0.4 is 15.5 Å². The van der Waals surface area contributed by atoms with E-state index in [1.807, 2.05) is 43.5 Å². The standard InChI is InChI=1S/C31H33N7O/c1-22-27-16-25(12-13-28(27)37-36-22)29-18-34-30(33-17-23-8-4-2-5-9-23)31(35-29)38-15-14-32-26(19-38)21-39-20-24-10-6-3-7-11-24/h2-13,16,18,26,32H,14-15,17,19-21H2,1H3,(H,33,34)(H,36,37)/t26-/m1/s1. The van der Waals surface area contributed by atoms with Crippen molar-refractivity contribution in [3.63, 3.8) is 0 Å². The Morgan fingerprint density at radius 3 is 2.62 bits per heavy atom. The van der Waals surface area contributed by atoms with Crippen LogP contribution in [0.1, 0.15) is 16.8 Å². The number of fused-ring (bicyclic) bond motifs is 1. The quantitative estimate of drug-likeness (QED) is 0.254. The first kappa shape index (κ1) is 25.0. The molecule has 39 heavy (non-hydrogen) atoms. The molecule has 8 nitrogen and oxygen atoms in total. The number of aromatic amines is 1. The fourth-order valence-electron chi connectivity index (χ4n) is 4.97. The predicted octanol–water partition coefficient (Wildman–Crippen LogP) is 4.94. The van der Waals surface area contributed by atoms with Crippen molar-refractivity contribution < 1.29 is 4.74 Å². The largest absolute Gasteiger partial charge is 0.375 e. The summed E-state index contributed by atoms with van der Waals surface area (Å²) in [4.78, 5) is 12.4. The van der Waals surface area contributed by atoms with Crippen LogP contribution in [0.4, 0.5) is 11.6 Å². The second kappa shape index (κ2) is 11.6. The number of aromatic nitrogens is 4. The number of anilines is 2. The molecule has 3 N–H and O–H groups in total. The smallest absolute Gasteiger partial charge is 0.172 e. The summed E-state index contributed by atoms with van der Waals surface area (Å²) >= 11 is 0. The van der Waals surface area contributed by atoms with Gasteiger partial charge in [0.2, 0.25) is 0 Å². The fourth-order valence-corrected chi connectivity index (χ4v) is 4.97. The summed E-state index contributed by atoms with van der Waals surface area (Å²) < 4.78 is 6.07. The van der Waals surface area contributed by atoms with Gasteiger partial charge in [0.15, 0.2) is 11.6 Å². The van der Waals surface area contributed by atoms with Gasteiger partial charge in [-0.25, -0.2) is 9.97 Å². The number of nitrogens with one attached hydrogen (secondary N) is 3. The van der Waals surface area contributed by atoms with Crippen LogP contribution in [-0.4, -0.2) is 52.4 Å². The van der Waals surface area contributed by atoms with Crippen molar-refractivity contribution in [2.75, 3.05) is 36.5 Å². The molecule has 0 spiro atoms. The van der Waals surface area contributed by atoms with E-state index in [1.165, 1.54) is 11.1 Å². The van der Waals surface area contributed by atoms with Gasteiger partial charge in [-0.1, -0.05) is 66.7 Å². The third-order valence-electron chi connectivity index (χ3n) is 7.08. The molecule has 0 amide bonds. The SMILES string of the molecule is Cc1[nH]nc2ccc(-c3cnc(NCc4ccccc4)c(N4CCN[C@@H](COCc5ccccc5)C4)n3)cc12.